The quantitative estimate of drug-likeness (QED) is 0.908. The van der Waals surface area contributed by atoms with Crippen LogP contribution >= 0.6 is 0 Å². The Labute approximate surface area is 142 Å². The Balaban J connectivity index is 1.64. The zero-order chi connectivity index (χ0) is 16.7. The van der Waals surface area contributed by atoms with Crippen LogP contribution in [0.15, 0.2) is 23.1 Å². The van der Waals surface area contributed by atoms with Crippen LogP contribution < -0.4 is 10.1 Å². The van der Waals surface area contributed by atoms with E-state index in [-0.39, 0.29) is 23.5 Å². The zero-order valence-corrected chi connectivity index (χ0v) is 14.3. The predicted octanol–water partition coefficient (Wildman–Crippen LogP) is 2.36. The SMILES string of the molecule is O=C1COc2ccc(S(=O)(=O)N3CCCC3C3CCCC3)cc2N1. The maximum absolute atomic E-state index is 13.1. The number of carbonyl (C=O) groups is 1. The second-order valence-corrected chi connectivity index (χ2v) is 8.76. The van der Waals surface area contributed by atoms with Crippen LogP contribution in [0.2, 0.25) is 0 Å². The number of rotatable bonds is 3. The number of hydrogen-bond donors (Lipinski definition) is 1. The molecule has 4 rings (SSSR count). The number of nitrogens with one attached hydrogen (secondary N) is 1. The Hall–Kier alpha value is -1.60. The second kappa shape index (κ2) is 6.04. The minimum atomic E-state index is -3.55. The van der Waals surface area contributed by atoms with E-state index in [0.717, 1.165) is 25.7 Å². The first kappa shape index (κ1) is 15.9. The Bertz CT molecular complexity index is 756. The third-order valence-electron chi connectivity index (χ3n) is 5.38. The van der Waals surface area contributed by atoms with Crippen LogP contribution in [-0.2, 0) is 14.8 Å². The summed E-state index contributed by atoms with van der Waals surface area (Å²) >= 11 is 0. The molecule has 2 aliphatic heterocycles. The summed E-state index contributed by atoms with van der Waals surface area (Å²) in [4.78, 5) is 11.7. The molecule has 2 heterocycles. The van der Waals surface area contributed by atoms with E-state index in [1.165, 1.54) is 18.9 Å². The fourth-order valence-corrected chi connectivity index (χ4v) is 6.02. The fraction of sp³-hybridized carbons (Fsp3) is 0.588. The summed E-state index contributed by atoms with van der Waals surface area (Å²) in [6.07, 6.45) is 6.55. The van der Waals surface area contributed by atoms with Crippen LogP contribution in [0, 0.1) is 5.92 Å². The lowest BCUT2D eigenvalue weighted by atomic mass is 9.97. The lowest BCUT2D eigenvalue weighted by molar-refractivity contribution is -0.118. The molecule has 1 unspecified atom stereocenters. The van der Waals surface area contributed by atoms with Crippen LogP contribution in [0.4, 0.5) is 5.69 Å². The van der Waals surface area contributed by atoms with Gasteiger partial charge in [-0.2, -0.15) is 4.31 Å². The summed E-state index contributed by atoms with van der Waals surface area (Å²) in [6, 6.07) is 4.85. The molecule has 2 fully saturated rings. The average molecular weight is 350 g/mol. The Kier molecular flexibility index (Phi) is 4.00. The predicted molar refractivity (Wildman–Crippen MR) is 89.4 cm³/mol. The van der Waals surface area contributed by atoms with Crippen LogP contribution in [0.3, 0.4) is 0 Å². The van der Waals surface area contributed by atoms with E-state index in [1.807, 2.05) is 0 Å². The van der Waals surface area contributed by atoms with Gasteiger partial charge in [0.15, 0.2) is 6.61 Å². The maximum Gasteiger partial charge on any atom is 0.262 e. The standard InChI is InChI=1S/C17H22N2O4S/c20-17-11-23-16-8-7-13(10-14(16)18-17)24(21,22)19-9-3-6-15(19)12-4-1-2-5-12/h7-8,10,12,15H,1-6,9,11H2,(H,18,20). The Morgan fingerprint density at radius 2 is 1.92 bits per heavy atom. The van der Waals surface area contributed by atoms with Crippen molar-refractivity contribution >= 4 is 21.6 Å². The van der Waals surface area contributed by atoms with Gasteiger partial charge < -0.3 is 10.1 Å². The Morgan fingerprint density at radius 1 is 1.12 bits per heavy atom. The lowest BCUT2D eigenvalue weighted by Gasteiger charge is -2.29. The minimum absolute atomic E-state index is 0.0328. The van der Waals surface area contributed by atoms with Gasteiger partial charge in [0.2, 0.25) is 10.0 Å². The molecule has 1 aliphatic carbocycles. The van der Waals surface area contributed by atoms with Crippen molar-refractivity contribution < 1.29 is 17.9 Å². The van der Waals surface area contributed by atoms with Crippen molar-refractivity contribution in [2.45, 2.75) is 49.5 Å². The van der Waals surface area contributed by atoms with Gasteiger partial charge in [-0.1, -0.05) is 12.8 Å². The maximum atomic E-state index is 13.1. The summed E-state index contributed by atoms with van der Waals surface area (Å²) in [7, 11) is -3.55. The second-order valence-electron chi connectivity index (χ2n) is 6.86. The van der Waals surface area contributed by atoms with Gasteiger partial charge in [-0.3, -0.25) is 4.79 Å². The van der Waals surface area contributed by atoms with Gasteiger partial charge in [0.05, 0.1) is 10.6 Å². The number of sulfonamides is 1. The molecule has 1 aromatic rings. The van der Waals surface area contributed by atoms with Gasteiger partial charge in [-0.25, -0.2) is 8.42 Å². The molecule has 6 nitrogen and oxygen atoms in total. The molecule has 1 amide bonds. The highest BCUT2D eigenvalue weighted by molar-refractivity contribution is 7.89. The number of anilines is 1. The molecule has 1 saturated heterocycles. The number of ether oxygens (including phenoxy) is 1. The molecule has 0 aromatic heterocycles. The highest BCUT2D eigenvalue weighted by atomic mass is 32.2. The average Bonchev–Trinajstić information content (AvgIpc) is 3.25. The summed E-state index contributed by atoms with van der Waals surface area (Å²) in [5, 5.41) is 2.68. The van der Waals surface area contributed by atoms with Crippen LogP contribution in [0.1, 0.15) is 38.5 Å². The monoisotopic (exact) mass is 350 g/mol. The van der Waals surface area contributed by atoms with Crippen molar-refractivity contribution in [1.29, 1.82) is 0 Å². The first-order valence-electron chi connectivity index (χ1n) is 8.64. The van der Waals surface area contributed by atoms with E-state index in [0.29, 0.717) is 23.9 Å². The van der Waals surface area contributed by atoms with Crippen molar-refractivity contribution in [1.82, 2.24) is 4.31 Å². The number of carbonyl (C=O) groups excluding carboxylic acids is 1. The van der Waals surface area contributed by atoms with Crippen LogP contribution in [0.5, 0.6) is 5.75 Å². The third-order valence-corrected chi connectivity index (χ3v) is 7.30. The van der Waals surface area contributed by atoms with Crippen LogP contribution in [-0.4, -0.2) is 37.8 Å². The number of hydrogen-bond acceptors (Lipinski definition) is 4. The van der Waals surface area contributed by atoms with E-state index < -0.39 is 10.0 Å². The molecule has 0 radical (unpaired) electrons. The van der Waals surface area contributed by atoms with Gasteiger partial charge >= 0.3 is 0 Å². The third kappa shape index (κ3) is 2.69. The first-order valence-corrected chi connectivity index (χ1v) is 10.1. The van der Waals surface area contributed by atoms with E-state index >= 15 is 0 Å². The largest absolute Gasteiger partial charge is 0.482 e. The molecule has 130 valence electrons. The summed E-state index contributed by atoms with van der Waals surface area (Å²) in [5.74, 6) is 0.743. The smallest absolute Gasteiger partial charge is 0.262 e. The topological polar surface area (TPSA) is 75.7 Å². The molecule has 7 heteroatoms. The first-order chi connectivity index (χ1) is 11.6. The molecule has 1 saturated carbocycles. The van der Waals surface area contributed by atoms with Crippen molar-refractivity contribution in [2.75, 3.05) is 18.5 Å². The van der Waals surface area contributed by atoms with Crippen molar-refractivity contribution in [3.05, 3.63) is 18.2 Å². The van der Waals surface area contributed by atoms with Crippen molar-refractivity contribution in [3.8, 4) is 5.75 Å². The van der Waals surface area contributed by atoms with Gasteiger partial charge in [-0.15, -0.1) is 0 Å². The molecule has 3 aliphatic rings. The molecule has 24 heavy (non-hydrogen) atoms. The number of fused-ring (bicyclic) bond motifs is 1. The summed E-state index contributed by atoms with van der Waals surface area (Å²) < 4.78 is 33.3. The highest BCUT2D eigenvalue weighted by Gasteiger charge is 2.40. The molecule has 1 N–H and O–H groups in total. The van der Waals surface area contributed by atoms with Crippen molar-refractivity contribution in [2.24, 2.45) is 5.92 Å². The molecule has 1 atom stereocenters. The molecule has 0 spiro atoms. The van der Waals surface area contributed by atoms with E-state index in [9.17, 15) is 13.2 Å². The van der Waals surface area contributed by atoms with Gasteiger partial charge in [0.25, 0.3) is 5.91 Å². The number of benzene rings is 1. The number of amides is 1. The van der Waals surface area contributed by atoms with Crippen molar-refractivity contribution in [3.63, 3.8) is 0 Å². The van der Waals surface area contributed by atoms with E-state index in [4.69, 9.17) is 4.74 Å². The minimum Gasteiger partial charge on any atom is -0.482 e. The summed E-state index contributed by atoms with van der Waals surface area (Å²) in [6.45, 7) is 0.554. The van der Waals surface area contributed by atoms with E-state index in [1.54, 1.807) is 16.4 Å². The van der Waals surface area contributed by atoms with Gasteiger partial charge in [0, 0.05) is 12.6 Å². The van der Waals surface area contributed by atoms with Gasteiger partial charge in [0.1, 0.15) is 5.75 Å². The summed E-state index contributed by atoms with van der Waals surface area (Å²) in [5.41, 5.74) is 0.434. The Morgan fingerprint density at radius 3 is 2.71 bits per heavy atom. The lowest BCUT2D eigenvalue weighted by Crippen LogP contribution is -2.39. The van der Waals surface area contributed by atoms with Gasteiger partial charge in [-0.05, 0) is 49.8 Å². The molecule has 0 bridgehead atoms. The molecular formula is C17H22N2O4S. The zero-order valence-electron chi connectivity index (χ0n) is 13.5. The highest BCUT2D eigenvalue weighted by Crippen LogP contribution is 2.39. The number of nitrogens with zero attached hydrogens (tertiary/aromatic N) is 1. The van der Waals surface area contributed by atoms with E-state index in [2.05, 4.69) is 5.32 Å². The molecule has 1 aromatic carbocycles. The normalized spacial score (nSPS) is 25.3. The molecular weight excluding hydrogens is 328 g/mol. The fourth-order valence-electron chi connectivity index (χ4n) is 4.24. The van der Waals surface area contributed by atoms with Crippen LogP contribution in [0.25, 0.3) is 0 Å².